The molecule has 1 rings (SSSR count). The Morgan fingerprint density at radius 2 is 2.27 bits per heavy atom. The highest BCUT2D eigenvalue weighted by molar-refractivity contribution is 7.99. The second-order valence-corrected chi connectivity index (χ2v) is 5.93. The molecule has 1 aliphatic heterocycles. The maximum Gasteiger partial charge on any atom is 0.0464 e. The van der Waals surface area contributed by atoms with Crippen LogP contribution in [0, 0.1) is 5.92 Å². The molecule has 0 amide bonds. The standard InChI is InChI=1S/C12H25NOS/c1-11(9-14)10-15-8-6-12-5-3-4-7-13(12)2/h11-12,14H,3-10H2,1-2H3/t11-,12-/m1/s1. The van der Waals surface area contributed by atoms with Gasteiger partial charge in [-0.05, 0) is 50.3 Å². The molecule has 90 valence electrons. The van der Waals surface area contributed by atoms with E-state index in [1.165, 1.54) is 38.0 Å². The molecule has 0 saturated carbocycles. The molecule has 1 aliphatic rings. The number of hydrogen-bond donors (Lipinski definition) is 1. The third-order valence-electron chi connectivity index (χ3n) is 3.23. The largest absolute Gasteiger partial charge is 0.396 e. The molecule has 0 unspecified atom stereocenters. The first kappa shape index (κ1) is 13.3. The lowest BCUT2D eigenvalue weighted by atomic mass is 10.0. The molecule has 2 nitrogen and oxygen atoms in total. The second kappa shape index (κ2) is 7.53. The number of rotatable bonds is 6. The van der Waals surface area contributed by atoms with Crippen LogP contribution in [-0.2, 0) is 0 Å². The van der Waals surface area contributed by atoms with Crippen molar-refractivity contribution < 1.29 is 5.11 Å². The Balaban J connectivity index is 2.03. The molecule has 1 N–H and O–H groups in total. The summed E-state index contributed by atoms with van der Waals surface area (Å²) in [7, 11) is 2.25. The maximum atomic E-state index is 8.90. The molecule has 3 heteroatoms. The van der Waals surface area contributed by atoms with Gasteiger partial charge >= 0.3 is 0 Å². The lowest BCUT2D eigenvalue weighted by molar-refractivity contribution is 0.182. The first-order chi connectivity index (χ1) is 7.24. The van der Waals surface area contributed by atoms with Crippen molar-refractivity contribution in [2.45, 2.75) is 38.6 Å². The average Bonchev–Trinajstić information content (AvgIpc) is 2.26. The lowest BCUT2D eigenvalue weighted by Crippen LogP contribution is -2.36. The Bertz CT molecular complexity index is 166. The van der Waals surface area contributed by atoms with Gasteiger partial charge in [0.2, 0.25) is 0 Å². The summed E-state index contributed by atoms with van der Waals surface area (Å²) in [5.74, 6) is 2.81. The van der Waals surface area contributed by atoms with Crippen molar-refractivity contribution in [3.05, 3.63) is 0 Å². The van der Waals surface area contributed by atoms with Crippen LogP contribution in [0.3, 0.4) is 0 Å². The van der Waals surface area contributed by atoms with E-state index in [-0.39, 0.29) is 0 Å². The van der Waals surface area contributed by atoms with Gasteiger partial charge in [-0.1, -0.05) is 13.3 Å². The van der Waals surface area contributed by atoms with E-state index in [4.69, 9.17) is 5.11 Å². The molecule has 1 heterocycles. The zero-order chi connectivity index (χ0) is 11.1. The topological polar surface area (TPSA) is 23.5 Å². The fourth-order valence-corrected chi connectivity index (χ4v) is 3.18. The number of likely N-dealkylation sites (tertiary alicyclic amines) is 1. The monoisotopic (exact) mass is 231 g/mol. The highest BCUT2D eigenvalue weighted by Gasteiger charge is 2.17. The smallest absolute Gasteiger partial charge is 0.0464 e. The third kappa shape index (κ3) is 5.23. The van der Waals surface area contributed by atoms with Crippen LogP contribution < -0.4 is 0 Å². The normalized spacial score (nSPS) is 25.4. The molecule has 0 radical (unpaired) electrons. The van der Waals surface area contributed by atoms with Crippen molar-refractivity contribution in [3.8, 4) is 0 Å². The number of thioether (sulfide) groups is 1. The van der Waals surface area contributed by atoms with Gasteiger partial charge in [-0.2, -0.15) is 11.8 Å². The summed E-state index contributed by atoms with van der Waals surface area (Å²) in [6.45, 7) is 3.72. The van der Waals surface area contributed by atoms with Crippen molar-refractivity contribution in [1.29, 1.82) is 0 Å². The van der Waals surface area contributed by atoms with E-state index in [1.54, 1.807) is 0 Å². The Morgan fingerprint density at radius 3 is 2.93 bits per heavy atom. The summed E-state index contributed by atoms with van der Waals surface area (Å²) in [4.78, 5) is 2.51. The fourth-order valence-electron chi connectivity index (χ4n) is 2.07. The summed E-state index contributed by atoms with van der Waals surface area (Å²) in [6.07, 6.45) is 5.49. The molecule has 0 spiro atoms. The maximum absolute atomic E-state index is 8.90. The first-order valence-corrected chi connectivity index (χ1v) is 7.28. The third-order valence-corrected chi connectivity index (χ3v) is 4.56. The Morgan fingerprint density at radius 1 is 1.47 bits per heavy atom. The number of piperidine rings is 1. The van der Waals surface area contributed by atoms with Gasteiger partial charge in [0.15, 0.2) is 0 Å². The SMILES string of the molecule is C[C@H](CO)CSCC[C@H]1CCCCN1C. The van der Waals surface area contributed by atoms with Crippen LogP contribution >= 0.6 is 11.8 Å². The van der Waals surface area contributed by atoms with E-state index in [2.05, 4.69) is 18.9 Å². The number of aliphatic hydroxyl groups excluding tert-OH is 1. The minimum Gasteiger partial charge on any atom is -0.396 e. The average molecular weight is 231 g/mol. The van der Waals surface area contributed by atoms with Gasteiger partial charge in [0.1, 0.15) is 0 Å². The molecular formula is C12H25NOS. The van der Waals surface area contributed by atoms with Gasteiger partial charge in [-0.3, -0.25) is 0 Å². The highest BCUT2D eigenvalue weighted by atomic mass is 32.2. The van der Waals surface area contributed by atoms with Crippen LogP contribution in [0.5, 0.6) is 0 Å². The Hall–Kier alpha value is 0.270. The summed E-state index contributed by atoms with van der Waals surface area (Å²) < 4.78 is 0. The van der Waals surface area contributed by atoms with E-state index >= 15 is 0 Å². The molecule has 0 aliphatic carbocycles. The predicted octanol–water partition coefficient (Wildman–Crippen LogP) is 2.22. The van der Waals surface area contributed by atoms with Crippen LogP contribution in [0.2, 0.25) is 0 Å². The molecule has 15 heavy (non-hydrogen) atoms. The zero-order valence-corrected chi connectivity index (χ0v) is 10.9. The van der Waals surface area contributed by atoms with Crippen LogP contribution in [0.4, 0.5) is 0 Å². The predicted molar refractivity (Wildman–Crippen MR) is 68.5 cm³/mol. The number of nitrogens with zero attached hydrogens (tertiary/aromatic N) is 1. The molecular weight excluding hydrogens is 206 g/mol. The zero-order valence-electron chi connectivity index (χ0n) is 10.1. The highest BCUT2D eigenvalue weighted by Crippen LogP contribution is 2.20. The summed E-state index contributed by atoms with van der Waals surface area (Å²) >= 11 is 1.99. The van der Waals surface area contributed by atoms with Gasteiger partial charge in [-0.15, -0.1) is 0 Å². The van der Waals surface area contributed by atoms with Crippen molar-refractivity contribution in [3.63, 3.8) is 0 Å². The summed E-state index contributed by atoms with van der Waals surface area (Å²) in [6, 6.07) is 0.815. The molecule has 1 fully saturated rings. The van der Waals surface area contributed by atoms with E-state index in [9.17, 15) is 0 Å². The second-order valence-electron chi connectivity index (χ2n) is 4.78. The minimum absolute atomic E-state index is 0.330. The van der Waals surface area contributed by atoms with Crippen LogP contribution in [0.1, 0.15) is 32.6 Å². The van der Waals surface area contributed by atoms with Crippen molar-refractivity contribution >= 4 is 11.8 Å². The van der Waals surface area contributed by atoms with Crippen molar-refractivity contribution in [2.24, 2.45) is 5.92 Å². The summed E-state index contributed by atoms with van der Waals surface area (Å²) in [5.41, 5.74) is 0. The molecule has 0 aromatic heterocycles. The minimum atomic E-state index is 0.330. The van der Waals surface area contributed by atoms with Crippen molar-refractivity contribution in [1.82, 2.24) is 4.90 Å². The van der Waals surface area contributed by atoms with Gasteiger partial charge in [0.25, 0.3) is 0 Å². The van der Waals surface area contributed by atoms with E-state index in [0.29, 0.717) is 12.5 Å². The van der Waals surface area contributed by atoms with E-state index < -0.39 is 0 Å². The van der Waals surface area contributed by atoms with Gasteiger partial charge in [0, 0.05) is 12.6 Å². The number of hydrogen-bond acceptors (Lipinski definition) is 3. The van der Waals surface area contributed by atoms with E-state index in [0.717, 1.165) is 11.8 Å². The number of aliphatic hydroxyl groups is 1. The fraction of sp³-hybridized carbons (Fsp3) is 1.00. The van der Waals surface area contributed by atoms with E-state index in [1.807, 2.05) is 11.8 Å². The van der Waals surface area contributed by atoms with Gasteiger partial charge in [-0.25, -0.2) is 0 Å². The van der Waals surface area contributed by atoms with Crippen LogP contribution in [0.25, 0.3) is 0 Å². The molecule has 0 aromatic rings. The Labute approximate surface area is 98.4 Å². The first-order valence-electron chi connectivity index (χ1n) is 6.13. The van der Waals surface area contributed by atoms with Crippen LogP contribution in [-0.4, -0.2) is 47.8 Å². The molecule has 0 aromatic carbocycles. The molecule has 2 atom stereocenters. The summed E-state index contributed by atoms with van der Waals surface area (Å²) in [5, 5.41) is 8.90. The lowest BCUT2D eigenvalue weighted by Gasteiger charge is -2.32. The molecule has 0 bridgehead atoms. The van der Waals surface area contributed by atoms with Crippen LogP contribution in [0.15, 0.2) is 0 Å². The van der Waals surface area contributed by atoms with Gasteiger partial charge in [0.05, 0.1) is 0 Å². The Kier molecular flexibility index (Phi) is 6.69. The van der Waals surface area contributed by atoms with Gasteiger partial charge < -0.3 is 10.0 Å². The van der Waals surface area contributed by atoms with Crippen molar-refractivity contribution in [2.75, 3.05) is 31.7 Å². The molecule has 1 saturated heterocycles. The quantitative estimate of drug-likeness (QED) is 0.709.